The zero-order valence-electron chi connectivity index (χ0n) is 15.1. The lowest BCUT2D eigenvalue weighted by atomic mass is 9.78. The van der Waals surface area contributed by atoms with E-state index < -0.39 is 0 Å². The van der Waals surface area contributed by atoms with E-state index in [1.807, 2.05) is 12.1 Å². The second-order valence-electron chi connectivity index (χ2n) is 7.44. The number of hydrogen-bond donors (Lipinski definition) is 1. The van der Waals surface area contributed by atoms with Gasteiger partial charge in [-0.1, -0.05) is 22.0 Å². The van der Waals surface area contributed by atoms with Gasteiger partial charge in [0.1, 0.15) is 5.75 Å². The molecule has 1 amide bonds. The molecule has 4 heteroatoms. The predicted molar refractivity (Wildman–Crippen MR) is 107 cm³/mol. The van der Waals surface area contributed by atoms with Crippen molar-refractivity contribution in [1.29, 1.82) is 0 Å². The van der Waals surface area contributed by atoms with Crippen LogP contribution in [-0.4, -0.2) is 19.6 Å². The first-order valence-electron chi connectivity index (χ1n) is 9.40. The Balaban J connectivity index is 1.62. The largest absolute Gasteiger partial charge is 0.493 e. The van der Waals surface area contributed by atoms with E-state index >= 15 is 0 Å². The molecule has 0 heterocycles. The highest BCUT2D eigenvalue weighted by Crippen LogP contribution is 2.37. The predicted octanol–water partition coefficient (Wildman–Crippen LogP) is 4.87. The summed E-state index contributed by atoms with van der Waals surface area (Å²) in [6.45, 7) is 0.792. The Hall–Kier alpha value is -1.81. The van der Waals surface area contributed by atoms with Crippen LogP contribution in [0.25, 0.3) is 0 Å². The minimum atomic E-state index is -0.0182. The van der Waals surface area contributed by atoms with Crippen LogP contribution in [0.15, 0.2) is 40.9 Å². The summed E-state index contributed by atoms with van der Waals surface area (Å²) in [4.78, 5) is 12.4. The lowest BCUT2D eigenvalue weighted by Crippen LogP contribution is -2.22. The fourth-order valence-corrected chi connectivity index (χ4v) is 4.21. The lowest BCUT2D eigenvalue weighted by molar-refractivity contribution is 0.0961. The molecule has 3 nitrogen and oxygen atoms in total. The van der Waals surface area contributed by atoms with Crippen LogP contribution in [0.4, 0.5) is 0 Å². The molecule has 4 rings (SSSR count). The average Bonchev–Trinajstić information content (AvgIpc) is 3.49. The van der Waals surface area contributed by atoms with E-state index in [0.29, 0.717) is 5.92 Å². The number of aryl methyl sites for hydroxylation is 1. The second-order valence-corrected chi connectivity index (χ2v) is 8.35. The quantitative estimate of drug-likeness (QED) is 0.758. The van der Waals surface area contributed by atoms with E-state index in [4.69, 9.17) is 4.74 Å². The molecule has 0 aromatic heterocycles. The molecule has 1 saturated carbocycles. The zero-order chi connectivity index (χ0) is 18.1. The van der Waals surface area contributed by atoms with E-state index in [2.05, 4.69) is 45.5 Å². The Morgan fingerprint density at radius 2 is 2.00 bits per heavy atom. The fraction of sp³-hybridized carbons (Fsp3) is 0.409. The standard InChI is InChI=1S/C22H24BrNO2/c1-24-22(25)20-9-8-19(26-13-14-2-3-14)12-21(20)17-5-4-16-11-18(23)7-6-15(16)10-17/h6-9,11-12,14,17H,2-5,10,13H2,1H3,(H,24,25). The number of carbonyl (C=O) groups excluding carboxylic acids is 1. The molecule has 1 fully saturated rings. The topological polar surface area (TPSA) is 38.3 Å². The van der Waals surface area contributed by atoms with Crippen molar-refractivity contribution in [1.82, 2.24) is 5.32 Å². The maximum absolute atomic E-state index is 12.4. The van der Waals surface area contributed by atoms with Gasteiger partial charge < -0.3 is 10.1 Å². The molecule has 2 aromatic carbocycles. The third kappa shape index (κ3) is 3.80. The summed E-state index contributed by atoms with van der Waals surface area (Å²) in [6, 6.07) is 12.5. The number of halogens is 1. The molecular weight excluding hydrogens is 390 g/mol. The van der Waals surface area contributed by atoms with E-state index in [1.165, 1.54) is 24.0 Å². The number of amides is 1. The van der Waals surface area contributed by atoms with Crippen LogP contribution in [0.1, 0.15) is 52.2 Å². The van der Waals surface area contributed by atoms with Gasteiger partial charge >= 0.3 is 0 Å². The van der Waals surface area contributed by atoms with Crippen molar-refractivity contribution in [2.45, 2.75) is 38.0 Å². The van der Waals surface area contributed by atoms with E-state index in [1.54, 1.807) is 7.05 Å². The molecule has 0 spiro atoms. The smallest absolute Gasteiger partial charge is 0.251 e. The Kier molecular flexibility index (Phi) is 5.03. The van der Waals surface area contributed by atoms with Crippen molar-refractivity contribution >= 4 is 21.8 Å². The maximum atomic E-state index is 12.4. The summed E-state index contributed by atoms with van der Waals surface area (Å²) in [5.41, 5.74) is 4.69. The normalized spacial score (nSPS) is 18.9. The molecular formula is C22H24BrNO2. The van der Waals surface area contributed by atoms with Gasteiger partial charge in [-0.25, -0.2) is 0 Å². The Labute approximate surface area is 163 Å². The highest BCUT2D eigenvalue weighted by Gasteiger charge is 2.26. The molecule has 0 bridgehead atoms. The average molecular weight is 414 g/mol. The summed E-state index contributed by atoms with van der Waals surface area (Å²) in [6.07, 6.45) is 5.62. The van der Waals surface area contributed by atoms with Crippen LogP contribution in [0.2, 0.25) is 0 Å². The molecule has 0 saturated heterocycles. The molecule has 2 aromatic rings. The van der Waals surface area contributed by atoms with Crippen molar-refractivity contribution in [3.63, 3.8) is 0 Å². The van der Waals surface area contributed by atoms with E-state index in [9.17, 15) is 4.79 Å². The fourth-order valence-electron chi connectivity index (χ4n) is 3.80. The minimum absolute atomic E-state index is 0.0182. The monoisotopic (exact) mass is 413 g/mol. The van der Waals surface area contributed by atoms with Crippen LogP contribution in [0.5, 0.6) is 5.75 Å². The van der Waals surface area contributed by atoms with Gasteiger partial charge in [0.05, 0.1) is 6.61 Å². The third-order valence-corrected chi connectivity index (χ3v) is 6.01. The number of hydrogen-bond acceptors (Lipinski definition) is 2. The first-order valence-corrected chi connectivity index (χ1v) is 10.2. The maximum Gasteiger partial charge on any atom is 0.251 e. The first kappa shape index (κ1) is 17.6. The number of rotatable bonds is 5. The highest BCUT2D eigenvalue weighted by atomic mass is 79.9. The van der Waals surface area contributed by atoms with Gasteiger partial charge in [0.15, 0.2) is 0 Å². The van der Waals surface area contributed by atoms with Crippen LogP contribution >= 0.6 is 15.9 Å². The van der Waals surface area contributed by atoms with Crippen LogP contribution in [0.3, 0.4) is 0 Å². The van der Waals surface area contributed by atoms with Crippen LogP contribution in [0, 0.1) is 5.92 Å². The molecule has 2 aliphatic carbocycles. The third-order valence-electron chi connectivity index (χ3n) is 5.51. The molecule has 1 unspecified atom stereocenters. The lowest BCUT2D eigenvalue weighted by Gasteiger charge is -2.27. The molecule has 0 aliphatic heterocycles. The number of benzene rings is 2. The molecule has 1 N–H and O–H groups in total. The molecule has 136 valence electrons. The van der Waals surface area contributed by atoms with Gasteiger partial charge in [0.25, 0.3) is 5.91 Å². The molecule has 1 atom stereocenters. The molecule has 0 radical (unpaired) electrons. The van der Waals surface area contributed by atoms with Gasteiger partial charge in [0.2, 0.25) is 0 Å². The Morgan fingerprint density at radius 3 is 2.77 bits per heavy atom. The summed E-state index contributed by atoms with van der Waals surface area (Å²) in [5, 5.41) is 2.78. The van der Waals surface area contributed by atoms with Crippen molar-refractivity contribution in [3.8, 4) is 5.75 Å². The number of carbonyl (C=O) groups is 1. The van der Waals surface area contributed by atoms with E-state index in [0.717, 1.165) is 53.1 Å². The van der Waals surface area contributed by atoms with Gasteiger partial charge in [-0.05, 0) is 91.0 Å². The van der Waals surface area contributed by atoms with Crippen molar-refractivity contribution in [2.75, 3.05) is 13.7 Å². The molecule has 2 aliphatic rings. The van der Waals surface area contributed by atoms with Gasteiger partial charge in [-0.3, -0.25) is 4.79 Å². The van der Waals surface area contributed by atoms with Crippen molar-refractivity contribution in [3.05, 3.63) is 63.1 Å². The molecule has 26 heavy (non-hydrogen) atoms. The summed E-state index contributed by atoms with van der Waals surface area (Å²) < 4.78 is 7.11. The number of fused-ring (bicyclic) bond motifs is 1. The first-order chi connectivity index (χ1) is 12.6. The number of nitrogens with one attached hydrogen (secondary N) is 1. The van der Waals surface area contributed by atoms with Gasteiger partial charge in [0, 0.05) is 17.1 Å². The zero-order valence-corrected chi connectivity index (χ0v) is 16.6. The van der Waals surface area contributed by atoms with Crippen LogP contribution < -0.4 is 10.1 Å². The SMILES string of the molecule is CNC(=O)c1ccc(OCC2CC2)cc1C1CCc2cc(Br)ccc2C1. The van der Waals surface area contributed by atoms with Crippen molar-refractivity contribution < 1.29 is 9.53 Å². The van der Waals surface area contributed by atoms with Crippen LogP contribution in [-0.2, 0) is 12.8 Å². The minimum Gasteiger partial charge on any atom is -0.493 e. The summed E-state index contributed by atoms with van der Waals surface area (Å²) in [7, 11) is 1.69. The number of ether oxygens (including phenoxy) is 1. The van der Waals surface area contributed by atoms with Gasteiger partial charge in [-0.15, -0.1) is 0 Å². The van der Waals surface area contributed by atoms with E-state index in [-0.39, 0.29) is 5.91 Å². The summed E-state index contributed by atoms with van der Waals surface area (Å²) in [5.74, 6) is 1.94. The highest BCUT2D eigenvalue weighted by molar-refractivity contribution is 9.10. The second kappa shape index (κ2) is 7.43. The van der Waals surface area contributed by atoms with Gasteiger partial charge in [-0.2, -0.15) is 0 Å². The van der Waals surface area contributed by atoms with Crippen molar-refractivity contribution in [2.24, 2.45) is 5.92 Å². The Morgan fingerprint density at radius 1 is 1.15 bits per heavy atom. The summed E-state index contributed by atoms with van der Waals surface area (Å²) >= 11 is 3.56. The Bertz CT molecular complexity index is 829.